The molecule has 1 aromatic rings. The van der Waals surface area contributed by atoms with Crippen LogP contribution in [-0.2, 0) is 0 Å². The number of phenols is 1. The molecule has 4 heteroatoms. The van der Waals surface area contributed by atoms with Gasteiger partial charge in [0.2, 0.25) is 0 Å². The first-order valence-electron chi connectivity index (χ1n) is 4.53. The Morgan fingerprint density at radius 2 is 2.00 bits per heavy atom. The third-order valence-corrected chi connectivity index (χ3v) is 3.07. The molecule has 0 radical (unpaired) electrons. The molecule has 3 N–H and O–H groups in total. The Labute approximate surface area is 92.6 Å². The molecule has 0 spiro atoms. The summed E-state index contributed by atoms with van der Waals surface area (Å²) in [5.41, 5.74) is 6.59. The first kappa shape index (κ1) is 10.1. The van der Waals surface area contributed by atoms with Crippen molar-refractivity contribution in [1.29, 1.82) is 0 Å². The minimum atomic E-state index is -0.167. The number of nitrogens with two attached hydrogens (primary N) is 1. The van der Waals surface area contributed by atoms with Crippen molar-refractivity contribution < 1.29 is 5.11 Å². The van der Waals surface area contributed by atoms with Crippen LogP contribution in [0.25, 0.3) is 0 Å². The van der Waals surface area contributed by atoms with Crippen molar-refractivity contribution in [2.45, 2.75) is 18.9 Å². The molecule has 0 heterocycles. The normalized spacial score (nSPS) is 18.2. The molecule has 2 rings (SSSR count). The van der Waals surface area contributed by atoms with E-state index >= 15 is 0 Å². The molecule has 0 unspecified atom stereocenters. The Morgan fingerprint density at radius 1 is 1.36 bits per heavy atom. The van der Waals surface area contributed by atoms with Gasteiger partial charge in [-0.3, -0.25) is 0 Å². The van der Waals surface area contributed by atoms with Gasteiger partial charge >= 0.3 is 0 Å². The Morgan fingerprint density at radius 3 is 2.50 bits per heavy atom. The summed E-state index contributed by atoms with van der Waals surface area (Å²) in [5, 5.41) is 10.6. The van der Waals surface area contributed by atoms with Crippen molar-refractivity contribution in [2.75, 3.05) is 0 Å². The summed E-state index contributed by atoms with van der Waals surface area (Å²) in [5.74, 6) is 0.557. The highest BCUT2D eigenvalue weighted by Crippen LogP contribution is 2.45. The molecule has 2 nitrogen and oxygen atoms in total. The molecule has 1 aromatic carbocycles. The van der Waals surface area contributed by atoms with E-state index < -0.39 is 0 Å². The molecule has 1 aliphatic rings. The predicted molar refractivity (Wildman–Crippen MR) is 57.8 cm³/mol. The summed E-state index contributed by atoms with van der Waals surface area (Å²) in [6.07, 6.45) is 2.22. The SMILES string of the molecule is N[C@@H](c1c(O)cc(Cl)cc1Cl)C1CC1. The van der Waals surface area contributed by atoms with E-state index in [1.165, 1.54) is 6.07 Å². The van der Waals surface area contributed by atoms with Gasteiger partial charge in [-0.25, -0.2) is 0 Å². The number of rotatable bonds is 2. The number of phenolic OH excluding ortho intramolecular Hbond substituents is 1. The molecule has 76 valence electrons. The van der Waals surface area contributed by atoms with E-state index in [-0.39, 0.29) is 11.8 Å². The molecule has 0 aromatic heterocycles. The van der Waals surface area contributed by atoms with Crippen LogP contribution >= 0.6 is 23.2 Å². The van der Waals surface area contributed by atoms with Crippen LogP contribution < -0.4 is 5.73 Å². The largest absolute Gasteiger partial charge is 0.508 e. The Kier molecular flexibility index (Phi) is 2.60. The molecule has 0 aliphatic heterocycles. The van der Waals surface area contributed by atoms with E-state index in [0.29, 0.717) is 21.5 Å². The second kappa shape index (κ2) is 3.61. The lowest BCUT2D eigenvalue weighted by atomic mass is 10.0. The van der Waals surface area contributed by atoms with Gasteiger partial charge in [0.15, 0.2) is 0 Å². The highest BCUT2D eigenvalue weighted by molar-refractivity contribution is 6.35. The van der Waals surface area contributed by atoms with Crippen molar-refractivity contribution in [3.8, 4) is 5.75 Å². The van der Waals surface area contributed by atoms with E-state index in [9.17, 15) is 5.11 Å². The third-order valence-electron chi connectivity index (χ3n) is 2.54. The summed E-state index contributed by atoms with van der Waals surface area (Å²) in [6, 6.07) is 2.92. The molecular weight excluding hydrogens is 221 g/mol. The monoisotopic (exact) mass is 231 g/mol. The Bertz CT molecular complexity index is 340. The van der Waals surface area contributed by atoms with Crippen LogP contribution in [0.5, 0.6) is 5.75 Å². The molecule has 14 heavy (non-hydrogen) atoms. The minimum Gasteiger partial charge on any atom is -0.508 e. The quantitative estimate of drug-likeness (QED) is 0.822. The summed E-state index contributed by atoms with van der Waals surface area (Å²) in [7, 11) is 0. The molecule has 0 saturated heterocycles. The van der Waals surface area contributed by atoms with Crippen LogP contribution in [0.3, 0.4) is 0 Å². The van der Waals surface area contributed by atoms with Crippen LogP contribution in [0, 0.1) is 5.92 Å². The van der Waals surface area contributed by atoms with Gasteiger partial charge in [0.05, 0.1) is 5.02 Å². The van der Waals surface area contributed by atoms with Gasteiger partial charge in [-0.1, -0.05) is 23.2 Å². The Hall–Kier alpha value is -0.440. The molecule has 0 bridgehead atoms. The van der Waals surface area contributed by atoms with Crippen LogP contribution in [0.15, 0.2) is 12.1 Å². The predicted octanol–water partition coefficient (Wildman–Crippen LogP) is 3.11. The highest BCUT2D eigenvalue weighted by atomic mass is 35.5. The van der Waals surface area contributed by atoms with Crippen molar-refractivity contribution in [1.82, 2.24) is 0 Å². The highest BCUT2D eigenvalue weighted by Gasteiger charge is 2.32. The number of aromatic hydroxyl groups is 1. The van der Waals surface area contributed by atoms with Crippen LogP contribution in [0.4, 0.5) is 0 Å². The van der Waals surface area contributed by atoms with Crippen molar-refractivity contribution in [2.24, 2.45) is 11.7 Å². The number of benzene rings is 1. The van der Waals surface area contributed by atoms with E-state index in [2.05, 4.69) is 0 Å². The van der Waals surface area contributed by atoms with E-state index in [1.807, 2.05) is 0 Å². The van der Waals surface area contributed by atoms with Gasteiger partial charge < -0.3 is 10.8 Å². The summed E-state index contributed by atoms with van der Waals surface area (Å²) in [4.78, 5) is 0. The van der Waals surface area contributed by atoms with Crippen molar-refractivity contribution in [3.63, 3.8) is 0 Å². The van der Waals surface area contributed by atoms with Gasteiger partial charge in [-0.2, -0.15) is 0 Å². The summed E-state index contributed by atoms with van der Waals surface area (Å²) >= 11 is 11.7. The molecular formula is C10H11Cl2NO. The molecule has 1 fully saturated rings. The average Bonchev–Trinajstić information content (AvgIpc) is 2.83. The molecule has 1 atom stereocenters. The fraction of sp³-hybridized carbons (Fsp3) is 0.400. The van der Waals surface area contributed by atoms with E-state index in [0.717, 1.165) is 12.8 Å². The van der Waals surface area contributed by atoms with Crippen molar-refractivity contribution in [3.05, 3.63) is 27.7 Å². The smallest absolute Gasteiger partial charge is 0.123 e. The second-order valence-corrected chi connectivity index (χ2v) is 4.53. The lowest BCUT2D eigenvalue weighted by Gasteiger charge is -2.14. The van der Waals surface area contributed by atoms with E-state index in [4.69, 9.17) is 28.9 Å². The van der Waals surface area contributed by atoms with Crippen LogP contribution in [-0.4, -0.2) is 5.11 Å². The van der Waals surface area contributed by atoms with Gasteiger partial charge in [0.25, 0.3) is 0 Å². The Balaban J connectivity index is 2.40. The number of halogens is 2. The van der Waals surface area contributed by atoms with Crippen LogP contribution in [0.2, 0.25) is 10.0 Å². The first-order valence-corrected chi connectivity index (χ1v) is 5.28. The van der Waals surface area contributed by atoms with Gasteiger partial charge in [0.1, 0.15) is 5.75 Å². The second-order valence-electron chi connectivity index (χ2n) is 3.68. The van der Waals surface area contributed by atoms with Gasteiger partial charge in [-0.15, -0.1) is 0 Å². The van der Waals surface area contributed by atoms with Gasteiger partial charge in [-0.05, 0) is 30.9 Å². The van der Waals surface area contributed by atoms with Gasteiger partial charge in [0, 0.05) is 16.6 Å². The molecule has 0 amide bonds. The molecule has 1 saturated carbocycles. The fourth-order valence-electron chi connectivity index (χ4n) is 1.59. The summed E-state index contributed by atoms with van der Waals surface area (Å²) in [6.45, 7) is 0. The standard InChI is InChI=1S/C10H11Cl2NO/c11-6-3-7(12)9(8(14)4-6)10(13)5-1-2-5/h3-5,10,14H,1-2,13H2/t10-/m1/s1. The zero-order chi connectivity index (χ0) is 10.3. The number of hydrogen-bond donors (Lipinski definition) is 2. The average molecular weight is 232 g/mol. The first-order chi connectivity index (χ1) is 6.59. The maximum Gasteiger partial charge on any atom is 0.123 e. The summed E-state index contributed by atoms with van der Waals surface area (Å²) < 4.78 is 0. The number of hydrogen-bond acceptors (Lipinski definition) is 2. The van der Waals surface area contributed by atoms with E-state index in [1.54, 1.807) is 6.07 Å². The maximum atomic E-state index is 9.67. The fourth-order valence-corrected chi connectivity index (χ4v) is 2.20. The minimum absolute atomic E-state index is 0.0990. The lowest BCUT2D eigenvalue weighted by molar-refractivity contribution is 0.456. The molecule has 1 aliphatic carbocycles. The lowest BCUT2D eigenvalue weighted by Crippen LogP contribution is -2.13. The third kappa shape index (κ3) is 1.83. The zero-order valence-corrected chi connectivity index (χ0v) is 9.02. The maximum absolute atomic E-state index is 9.67. The zero-order valence-electron chi connectivity index (χ0n) is 7.50. The van der Waals surface area contributed by atoms with Crippen LogP contribution in [0.1, 0.15) is 24.4 Å². The van der Waals surface area contributed by atoms with Crippen molar-refractivity contribution >= 4 is 23.2 Å². The topological polar surface area (TPSA) is 46.2 Å².